The molecule has 0 amide bonds. The predicted molar refractivity (Wildman–Crippen MR) is 101 cm³/mol. The highest BCUT2D eigenvalue weighted by atomic mass is 32.2. The molecule has 0 N–H and O–H groups in total. The largest absolute Gasteiger partial charge is 0.422 e. The fourth-order valence-corrected chi connectivity index (χ4v) is 4.14. The lowest BCUT2D eigenvalue weighted by Crippen LogP contribution is -2.03. The van der Waals surface area contributed by atoms with Crippen molar-refractivity contribution in [2.75, 3.05) is 11.5 Å². The van der Waals surface area contributed by atoms with Crippen molar-refractivity contribution in [2.45, 2.75) is 23.6 Å². The fraction of sp³-hybridized carbons (Fsp3) is 0.211. The van der Waals surface area contributed by atoms with Crippen molar-refractivity contribution in [1.82, 2.24) is 0 Å². The van der Waals surface area contributed by atoms with E-state index in [2.05, 4.69) is 19.9 Å². The zero-order chi connectivity index (χ0) is 16.2. The summed E-state index contributed by atoms with van der Waals surface area (Å²) in [5.41, 5.74) is 1.90. The zero-order valence-corrected chi connectivity index (χ0v) is 14.8. The third-order valence-corrected chi connectivity index (χ3v) is 5.28. The smallest absolute Gasteiger partial charge is 0.344 e. The molecule has 1 heterocycles. The highest BCUT2D eigenvalue weighted by Crippen LogP contribution is 2.34. The minimum atomic E-state index is -0.283. The Morgan fingerprint density at radius 2 is 1.70 bits per heavy atom. The maximum absolute atomic E-state index is 12.4. The Balaban J connectivity index is 2.23. The lowest BCUT2D eigenvalue weighted by Gasteiger charge is -2.09. The van der Waals surface area contributed by atoms with E-state index in [1.807, 2.05) is 42.5 Å². The van der Waals surface area contributed by atoms with Crippen molar-refractivity contribution in [3.8, 4) is 11.1 Å². The summed E-state index contributed by atoms with van der Waals surface area (Å²) in [5, 5.41) is 1.01. The van der Waals surface area contributed by atoms with Gasteiger partial charge < -0.3 is 4.42 Å². The van der Waals surface area contributed by atoms with E-state index in [1.165, 1.54) is 4.90 Å². The summed E-state index contributed by atoms with van der Waals surface area (Å²) in [6.45, 7) is 4.25. The molecule has 4 heteroatoms. The second-order valence-electron chi connectivity index (χ2n) is 5.01. The zero-order valence-electron chi connectivity index (χ0n) is 13.2. The maximum atomic E-state index is 12.4. The van der Waals surface area contributed by atoms with Crippen LogP contribution in [0.25, 0.3) is 22.1 Å². The molecule has 0 fully saturated rings. The van der Waals surface area contributed by atoms with Gasteiger partial charge in [-0.2, -0.15) is 0 Å². The first-order chi connectivity index (χ1) is 11.2. The Morgan fingerprint density at radius 1 is 0.957 bits per heavy atom. The number of fused-ring (bicyclic) bond motifs is 1. The van der Waals surface area contributed by atoms with Crippen LogP contribution in [0.15, 0.2) is 67.5 Å². The molecule has 23 heavy (non-hydrogen) atoms. The summed E-state index contributed by atoms with van der Waals surface area (Å²) in [6, 6.07) is 15.8. The third kappa shape index (κ3) is 3.48. The second kappa shape index (κ2) is 7.28. The predicted octanol–water partition coefficient (Wildman–Crippen LogP) is 5.68. The normalized spacial score (nSPS) is 11.0. The molecule has 0 bridgehead atoms. The van der Waals surface area contributed by atoms with Crippen LogP contribution in [0, 0.1) is 0 Å². The van der Waals surface area contributed by atoms with Crippen molar-refractivity contribution >= 4 is 34.5 Å². The molecule has 0 aliphatic heterocycles. The summed E-state index contributed by atoms with van der Waals surface area (Å²) in [5.74, 6) is 1.98. The van der Waals surface area contributed by atoms with Crippen LogP contribution in [0.1, 0.15) is 13.8 Å². The molecule has 3 rings (SSSR count). The fourth-order valence-electron chi connectivity index (χ4n) is 2.51. The second-order valence-corrected chi connectivity index (χ2v) is 7.66. The van der Waals surface area contributed by atoms with E-state index >= 15 is 0 Å². The van der Waals surface area contributed by atoms with Gasteiger partial charge in [0.2, 0.25) is 0 Å². The molecule has 0 radical (unpaired) electrons. The van der Waals surface area contributed by atoms with Crippen LogP contribution in [0.2, 0.25) is 0 Å². The first-order valence-electron chi connectivity index (χ1n) is 7.65. The number of hydrogen-bond donors (Lipinski definition) is 0. The van der Waals surface area contributed by atoms with Gasteiger partial charge in [-0.05, 0) is 35.3 Å². The average Bonchev–Trinajstić information content (AvgIpc) is 2.55. The van der Waals surface area contributed by atoms with Crippen molar-refractivity contribution in [2.24, 2.45) is 0 Å². The Kier molecular flexibility index (Phi) is 5.13. The molecular formula is C19H18O2S2. The molecule has 0 atom stereocenters. The van der Waals surface area contributed by atoms with E-state index in [9.17, 15) is 4.79 Å². The van der Waals surface area contributed by atoms with Crippen LogP contribution in [0.5, 0.6) is 0 Å². The van der Waals surface area contributed by atoms with Gasteiger partial charge in [-0.1, -0.05) is 44.2 Å². The molecule has 0 saturated heterocycles. The molecule has 0 aliphatic carbocycles. The SMILES string of the molecule is CCSc1cc(SCC)c2cc(-c3ccccc3)c(=O)oc2c1. The van der Waals surface area contributed by atoms with Crippen LogP contribution < -0.4 is 5.63 Å². The Hall–Kier alpha value is -1.65. The third-order valence-electron chi connectivity index (χ3n) is 3.48. The van der Waals surface area contributed by atoms with Crippen LogP contribution in [0.4, 0.5) is 0 Å². The van der Waals surface area contributed by atoms with E-state index in [-0.39, 0.29) is 5.63 Å². The summed E-state index contributed by atoms with van der Waals surface area (Å²) < 4.78 is 5.64. The van der Waals surface area contributed by atoms with Gasteiger partial charge in [0.1, 0.15) is 5.58 Å². The summed E-state index contributed by atoms with van der Waals surface area (Å²) in [6.07, 6.45) is 0. The average molecular weight is 342 g/mol. The van der Waals surface area contributed by atoms with Gasteiger partial charge in [-0.15, -0.1) is 23.5 Å². The highest BCUT2D eigenvalue weighted by molar-refractivity contribution is 8.00. The first kappa shape index (κ1) is 16.2. The van der Waals surface area contributed by atoms with Crippen molar-refractivity contribution < 1.29 is 4.42 Å². The van der Waals surface area contributed by atoms with Crippen molar-refractivity contribution in [1.29, 1.82) is 0 Å². The lowest BCUT2D eigenvalue weighted by atomic mass is 10.1. The topological polar surface area (TPSA) is 30.2 Å². The summed E-state index contributed by atoms with van der Waals surface area (Å²) in [4.78, 5) is 14.7. The molecule has 0 spiro atoms. The Labute approximate surface area is 144 Å². The summed E-state index contributed by atoms with van der Waals surface area (Å²) in [7, 11) is 0. The molecule has 2 nitrogen and oxygen atoms in total. The minimum absolute atomic E-state index is 0.283. The Morgan fingerprint density at radius 3 is 2.39 bits per heavy atom. The van der Waals surface area contributed by atoms with Crippen molar-refractivity contribution in [3.05, 3.63) is 59.0 Å². The van der Waals surface area contributed by atoms with Gasteiger partial charge in [0.15, 0.2) is 0 Å². The van der Waals surface area contributed by atoms with E-state index in [1.54, 1.807) is 23.5 Å². The van der Waals surface area contributed by atoms with E-state index in [0.29, 0.717) is 11.1 Å². The number of thioether (sulfide) groups is 2. The van der Waals surface area contributed by atoms with Gasteiger partial charge in [-0.3, -0.25) is 0 Å². The van der Waals surface area contributed by atoms with Crippen LogP contribution >= 0.6 is 23.5 Å². The minimum Gasteiger partial charge on any atom is -0.422 e. The molecule has 0 saturated carbocycles. The molecular weight excluding hydrogens is 324 g/mol. The molecule has 3 aromatic rings. The monoisotopic (exact) mass is 342 g/mol. The lowest BCUT2D eigenvalue weighted by molar-refractivity contribution is 0.562. The van der Waals surface area contributed by atoms with Crippen LogP contribution in [0.3, 0.4) is 0 Å². The number of rotatable bonds is 5. The van der Waals surface area contributed by atoms with E-state index in [0.717, 1.165) is 27.4 Å². The molecule has 0 unspecified atom stereocenters. The van der Waals surface area contributed by atoms with E-state index < -0.39 is 0 Å². The van der Waals surface area contributed by atoms with Gasteiger partial charge in [-0.25, -0.2) is 4.79 Å². The van der Waals surface area contributed by atoms with Crippen molar-refractivity contribution in [3.63, 3.8) is 0 Å². The van der Waals surface area contributed by atoms with Gasteiger partial charge in [0.25, 0.3) is 0 Å². The number of hydrogen-bond acceptors (Lipinski definition) is 4. The molecule has 1 aromatic heterocycles. The van der Waals surface area contributed by atoms with Gasteiger partial charge in [0, 0.05) is 15.2 Å². The first-order valence-corrected chi connectivity index (χ1v) is 9.63. The molecule has 0 aliphatic rings. The van der Waals surface area contributed by atoms with E-state index in [4.69, 9.17) is 4.42 Å². The van der Waals surface area contributed by atoms with Gasteiger partial charge >= 0.3 is 5.63 Å². The summed E-state index contributed by atoms with van der Waals surface area (Å²) >= 11 is 3.54. The molecule has 118 valence electrons. The maximum Gasteiger partial charge on any atom is 0.344 e. The van der Waals surface area contributed by atoms with Gasteiger partial charge in [0.05, 0.1) is 5.56 Å². The number of benzene rings is 2. The van der Waals surface area contributed by atoms with Crippen LogP contribution in [-0.4, -0.2) is 11.5 Å². The molecule has 2 aromatic carbocycles. The van der Waals surface area contributed by atoms with Crippen LogP contribution in [-0.2, 0) is 0 Å². The quantitative estimate of drug-likeness (QED) is 0.440. The Bertz CT molecular complexity index is 870. The standard InChI is InChI=1S/C19H18O2S2/c1-3-22-14-10-17-16(18(11-14)23-4-2)12-15(19(20)21-17)13-8-6-5-7-9-13/h5-12H,3-4H2,1-2H3. The highest BCUT2D eigenvalue weighted by Gasteiger charge is 2.12.